The van der Waals surface area contributed by atoms with Gasteiger partial charge in [-0.1, -0.05) is 6.92 Å². The van der Waals surface area contributed by atoms with E-state index in [1.165, 1.54) is 30.5 Å². The Hall–Kier alpha value is -1.00. The van der Waals surface area contributed by atoms with Crippen LogP contribution in [0.1, 0.15) is 55.7 Å². The zero-order valence-electron chi connectivity index (χ0n) is 12.4. The second kappa shape index (κ2) is 6.64. The van der Waals surface area contributed by atoms with Gasteiger partial charge in [-0.05, 0) is 44.6 Å². The third kappa shape index (κ3) is 3.18. The molecule has 4 heteroatoms. The molecule has 4 nitrogen and oxygen atoms in total. The van der Waals surface area contributed by atoms with E-state index in [2.05, 4.69) is 23.4 Å². The molecule has 3 rings (SSSR count). The highest BCUT2D eigenvalue weighted by atomic mass is 16.5. The highest BCUT2D eigenvalue weighted by molar-refractivity contribution is 5.24. The topological polar surface area (TPSA) is 47.0 Å². The number of nitrogens with zero attached hydrogens (tertiary/aromatic N) is 2. The second-order valence-electron chi connectivity index (χ2n) is 6.02. The van der Waals surface area contributed by atoms with E-state index < -0.39 is 0 Å². The van der Waals surface area contributed by atoms with E-state index in [1.54, 1.807) is 0 Å². The quantitative estimate of drug-likeness (QED) is 0.896. The molecule has 0 amide bonds. The molecule has 2 atom stereocenters. The minimum absolute atomic E-state index is 0.461. The smallest absolute Gasteiger partial charge is 0.128 e. The van der Waals surface area contributed by atoms with Crippen LogP contribution in [0.4, 0.5) is 0 Å². The molecule has 1 aromatic heterocycles. The van der Waals surface area contributed by atoms with Crippen LogP contribution >= 0.6 is 0 Å². The van der Waals surface area contributed by atoms with E-state index in [0.717, 1.165) is 44.8 Å². The van der Waals surface area contributed by atoms with Gasteiger partial charge >= 0.3 is 0 Å². The van der Waals surface area contributed by atoms with Crippen molar-refractivity contribution in [2.45, 2.75) is 51.5 Å². The predicted octanol–water partition coefficient (Wildman–Crippen LogP) is 2.43. The molecular weight excluding hydrogens is 250 g/mol. The van der Waals surface area contributed by atoms with Gasteiger partial charge in [-0.2, -0.15) is 0 Å². The average molecular weight is 275 g/mol. The summed E-state index contributed by atoms with van der Waals surface area (Å²) in [4.78, 5) is 9.44. The summed E-state index contributed by atoms with van der Waals surface area (Å²) in [6, 6.07) is 0.461. The summed E-state index contributed by atoms with van der Waals surface area (Å²) >= 11 is 0. The van der Waals surface area contributed by atoms with Gasteiger partial charge in [0, 0.05) is 43.1 Å². The molecule has 1 fully saturated rings. The predicted molar refractivity (Wildman–Crippen MR) is 78.6 cm³/mol. The van der Waals surface area contributed by atoms with Crippen molar-refractivity contribution in [2.75, 3.05) is 19.8 Å². The Morgan fingerprint density at radius 3 is 3.15 bits per heavy atom. The molecule has 2 heterocycles. The van der Waals surface area contributed by atoms with Gasteiger partial charge in [-0.3, -0.25) is 0 Å². The number of hydrogen-bond acceptors (Lipinski definition) is 4. The number of hydrogen-bond donors (Lipinski definition) is 1. The molecule has 20 heavy (non-hydrogen) atoms. The Balaban J connectivity index is 1.70. The Bertz CT molecular complexity index is 443. The van der Waals surface area contributed by atoms with Gasteiger partial charge in [-0.25, -0.2) is 9.97 Å². The number of ether oxygens (including phenoxy) is 1. The first-order valence-corrected chi connectivity index (χ1v) is 8.02. The van der Waals surface area contributed by atoms with Crippen LogP contribution in [-0.2, 0) is 17.6 Å². The maximum Gasteiger partial charge on any atom is 0.128 e. The van der Waals surface area contributed by atoms with Gasteiger partial charge in [0.25, 0.3) is 0 Å². The normalized spacial score (nSPS) is 25.6. The van der Waals surface area contributed by atoms with E-state index in [-0.39, 0.29) is 0 Å². The van der Waals surface area contributed by atoms with Crippen molar-refractivity contribution in [2.24, 2.45) is 5.92 Å². The molecule has 110 valence electrons. The molecule has 1 aromatic rings. The van der Waals surface area contributed by atoms with Crippen LogP contribution in [0.25, 0.3) is 0 Å². The summed E-state index contributed by atoms with van der Waals surface area (Å²) in [6.07, 6.45) is 8.92. The second-order valence-corrected chi connectivity index (χ2v) is 6.02. The van der Waals surface area contributed by atoms with E-state index in [4.69, 9.17) is 9.72 Å². The first kappa shape index (κ1) is 14.0. The third-order valence-electron chi connectivity index (χ3n) is 4.37. The fourth-order valence-electron chi connectivity index (χ4n) is 3.22. The molecule has 0 aromatic carbocycles. The molecule has 2 aliphatic rings. The molecular formula is C16H25N3O. The number of aryl methyl sites for hydroxylation is 1. The number of aromatic nitrogens is 2. The molecule has 0 bridgehead atoms. The maximum absolute atomic E-state index is 5.44. The lowest BCUT2D eigenvalue weighted by Gasteiger charge is -2.25. The monoisotopic (exact) mass is 275 g/mol. The molecule has 2 unspecified atom stereocenters. The van der Waals surface area contributed by atoms with Crippen molar-refractivity contribution in [3.05, 3.63) is 23.3 Å². The van der Waals surface area contributed by atoms with Crippen molar-refractivity contribution in [1.82, 2.24) is 15.3 Å². The zero-order valence-corrected chi connectivity index (χ0v) is 12.4. The van der Waals surface area contributed by atoms with E-state index >= 15 is 0 Å². The summed E-state index contributed by atoms with van der Waals surface area (Å²) in [7, 11) is 0. The molecule has 1 aliphatic carbocycles. The van der Waals surface area contributed by atoms with Crippen LogP contribution < -0.4 is 5.32 Å². The summed E-state index contributed by atoms with van der Waals surface area (Å²) in [6.45, 7) is 5.06. The van der Waals surface area contributed by atoms with Crippen molar-refractivity contribution < 1.29 is 4.74 Å². The van der Waals surface area contributed by atoms with Crippen molar-refractivity contribution in [3.8, 4) is 0 Å². The fourth-order valence-corrected chi connectivity index (χ4v) is 3.22. The molecule has 0 saturated carbocycles. The van der Waals surface area contributed by atoms with Gasteiger partial charge in [0.15, 0.2) is 0 Å². The van der Waals surface area contributed by atoms with Crippen molar-refractivity contribution in [1.29, 1.82) is 0 Å². The van der Waals surface area contributed by atoms with Gasteiger partial charge in [-0.15, -0.1) is 0 Å². The number of nitrogens with one attached hydrogen (secondary N) is 1. The summed E-state index contributed by atoms with van der Waals surface area (Å²) in [5.41, 5.74) is 2.60. The Labute approximate surface area is 121 Å². The van der Waals surface area contributed by atoms with Gasteiger partial charge in [0.1, 0.15) is 5.82 Å². The highest BCUT2D eigenvalue weighted by Crippen LogP contribution is 2.28. The van der Waals surface area contributed by atoms with Gasteiger partial charge < -0.3 is 10.1 Å². The summed E-state index contributed by atoms with van der Waals surface area (Å²) in [5, 5.41) is 3.62. The van der Waals surface area contributed by atoms with Crippen molar-refractivity contribution >= 4 is 0 Å². The van der Waals surface area contributed by atoms with E-state index in [1.807, 2.05) is 0 Å². The average Bonchev–Trinajstić information content (AvgIpc) is 2.97. The van der Waals surface area contributed by atoms with Crippen LogP contribution in [0.5, 0.6) is 0 Å². The van der Waals surface area contributed by atoms with Crippen LogP contribution in [-0.4, -0.2) is 29.7 Å². The zero-order chi connectivity index (χ0) is 13.8. The number of rotatable bonds is 5. The van der Waals surface area contributed by atoms with E-state index in [9.17, 15) is 0 Å². The standard InChI is InChI=1S/C16H25N3O/c1-2-7-17-14-4-3-5-15-13(14)10-18-16(19-15)9-12-6-8-20-11-12/h10,12,14,17H,2-9,11H2,1H3. The van der Waals surface area contributed by atoms with Crippen LogP contribution in [0.2, 0.25) is 0 Å². The lowest BCUT2D eigenvalue weighted by molar-refractivity contribution is 0.185. The maximum atomic E-state index is 5.44. The Morgan fingerprint density at radius 1 is 1.40 bits per heavy atom. The van der Waals surface area contributed by atoms with Crippen LogP contribution in [0.3, 0.4) is 0 Å². The first-order valence-electron chi connectivity index (χ1n) is 8.02. The Kier molecular flexibility index (Phi) is 4.63. The summed E-state index contributed by atoms with van der Waals surface area (Å²) < 4.78 is 5.44. The Morgan fingerprint density at radius 2 is 2.35 bits per heavy atom. The fraction of sp³-hybridized carbons (Fsp3) is 0.750. The minimum Gasteiger partial charge on any atom is -0.381 e. The lowest BCUT2D eigenvalue weighted by Crippen LogP contribution is -2.27. The lowest BCUT2D eigenvalue weighted by atomic mass is 9.92. The van der Waals surface area contributed by atoms with Crippen LogP contribution in [0, 0.1) is 5.92 Å². The van der Waals surface area contributed by atoms with E-state index in [0.29, 0.717) is 12.0 Å². The van der Waals surface area contributed by atoms with Crippen molar-refractivity contribution in [3.63, 3.8) is 0 Å². The molecule has 0 radical (unpaired) electrons. The van der Waals surface area contributed by atoms with Gasteiger partial charge in [0.05, 0.1) is 0 Å². The molecule has 0 spiro atoms. The minimum atomic E-state index is 0.461. The molecule has 1 aliphatic heterocycles. The van der Waals surface area contributed by atoms with Gasteiger partial charge in [0.2, 0.25) is 0 Å². The number of fused-ring (bicyclic) bond motifs is 1. The first-order chi connectivity index (χ1) is 9.86. The third-order valence-corrected chi connectivity index (χ3v) is 4.37. The largest absolute Gasteiger partial charge is 0.381 e. The van der Waals surface area contributed by atoms with Crippen LogP contribution in [0.15, 0.2) is 6.20 Å². The molecule has 1 saturated heterocycles. The SMILES string of the molecule is CCCNC1CCCc2nc(CC3CCOC3)ncc21. The summed E-state index contributed by atoms with van der Waals surface area (Å²) in [5.74, 6) is 1.63. The highest BCUT2D eigenvalue weighted by Gasteiger charge is 2.23. The molecule has 1 N–H and O–H groups in total.